The molecule has 7 nitrogen and oxygen atoms in total. The summed E-state index contributed by atoms with van der Waals surface area (Å²) in [4.78, 5) is 23.3. The molecule has 1 aromatic heterocycles. The lowest BCUT2D eigenvalue weighted by molar-refractivity contribution is -0.111. The van der Waals surface area contributed by atoms with Crippen molar-refractivity contribution >= 4 is 45.6 Å². The molecule has 2 N–H and O–H groups in total. The minimum Gasteiger partial charge on any atom is -0.378 e. The van der Waals surface area contributed by atoms with E-state index in [-0.39, 0.29) is 22.0 Å². The zero-order valence-electron chi connectivity index (χ0n) is 19.8. The van der Waals surface area contributed by atoms with Crippen LogP contribution in [0, 0.1) is 23.1 Å². The highest BCUT2D eigenvalue weighted by atomic mass is 35.5. The van der Waals surface area contributed by atoms with E-state index in [9.17, 15) is 9.18 Å². The summed E-state index contributed by atoms with van der Waals surface area (Å²) in [6.45, 7) is 9.12. The number of hydrogen-bond acceptors (Lipinski definition) is 6. The molecule has 2 aliphatic heterocycles. The van der Waals surface area contributed by atoms with Crippen molar-refractivity contribution in [3.63, 3.8) is 0 Å². The molecule has 3 aromatic rings. The molecule has 0 aliphatic carbocycles. The van der Waals surface area contributed by atoms with Gasteiger partial charge in [0.25, 0.3) is 0 Å². The minimum atomic E-state index is -0.582. The van der Waals surface area contributed by atoms with Crippen LogP contribution in [-0.4, -0.2) is 53.1 Å². The Morgan fingerprint density at radius 3 is 2.92 bits per heavy atom. The van der Waals surface area contributed by atoms with Crippen LogP contribution in [0.25, 0.3) is 10.9 Å². The van der Waals surface area contributed by atoms with Crippen LogP contribution in [0.1, 0.15) is 18.9 Å². The van der Waals surface area contributed by atoms with E-state index in [1.54, 1.807) is 24.3 Å². The van der Waals surface area contributed by atoms with Gasteiger partial charge in [0.05, 0.1) is 46.7 Å². The van der Waals surface area contributed by atoms with E-state index in [4.69, 9.17) is 16.3 Å². The van der Waals surface area contributed by atoms with Crippen LogP contribution in [0.2, 0.25) is 5.02 Å². The van der Waals surface area contributed by atoms with Crippen LogP contribution in [0.5, 0.6) is 0 Å². The fourth-order valence-corrected chi connectivity index (χ4v) is 4.56. The van der Waals surface area contributed by atoms with Gasteiger partial charge < -0.3 is 15.4 Å². The molecule has 36 heavy (non-hydrogen) atoms. The van der Waals surface area contributed by atoms with E-state index < -0.39 is 5.82 Å². The summed E-state index contributed by atoms with van der Waals surface area (Å²) < 4.78 is 19.8. The van der Waals surface area contributed by atoms with E-state index in [1.807, 2.05) is 0 Å². The van der Waals surface area contributed by atoms with Crippen molar-refractivity contribution in [3.8, 4) is 11.8 Å². The molecule has 3 heterocycles. The van der Waals surface area contributed by atoms with E-state index >= 15 is 0 Å². The third-order valence-corrected chi connectivity index (χ3v) is 6.85. The first-order chi connectivity index (χ1) is 17.3. The first-order valence-electron chi connectivity index (χ1n) is 11.6. The van der Waals surface area contributed by atoms with E-state index in [0.29, 0.717) is 34.0 Å². The van der Waals surface area contributed by atoms with Gasteiger partial charge in [-0.25, -0.2) is 14.4 Å². The highest BCUT2D eigenvalue weighted by Crippen LogP contribution is 2.34. The van der Waals surface area contributed by atoms with Crippen molar-refractivity contribution in [3.05, 3.63) is 65.7 Å². The summed E-state index contributed by atoms with van der Waals surface area (Å²) in [6, 6.07) is 8.69. The number of ether oxygens (including phenoxy) is 1. The largest absolute Gasteiger partial charge is 0.378 e. The van der Waals surface area contributed by atoms with Crippen molar-refractivity contribution in [1.29, 1.82) is 0 Å². The Labute approximate surface area is 213 Å². The maximum atomic E-state index is 14.5. The number of benzene rings is 2. The SMILES string of the molecule is C=CC(=O)Nc1cc2c(Nc3cccc(Cl)c3F)ncnc2cc1C#C[C@@]1(C)CCN(C2COC2)C1. The Morgan fingerprint density at radius 1 is 1.33 bits per heavy atom. The van der Waals surface area contributed by atoms with Gasteiger partial charge in [-0.15, -0.1) is 0 Å². The lowest BCUT2D eigenvalue weighted by atomic mass is 9.90. The minimum absolute atomic E-state index is 0.00124. The number of aromatic nitrogens is 2. The van der Waals surface area contributed by atoms with E-state index in [2.05, 4.69) is 50.8 Å². The van der Waals surface area contributed by atoms with Gasteiger partial charge in [0.1, 0.15) is 12.1 Å². The van der Waals surface area contributed by atoms with Crippen molar-refractivity contribution in [2.75, 3.05) is 36.9 Å². The Hall–Kier alpha value is -3.51. The first kappa shape index (κ1) is 24.2. The van der Waals surface area contributed by atoms with Crippen molar-refractivity contribution in [1.82, 2.24) is 14.9 Å². The fourth-order valence-electron chi connectivity index (χ4n) is 4.38. The molecule has 0 bridgehead atoms. The quantitative estimate of drug-likeness (QED) is 0.385. The second kappa shape index (κ2) is 9.86. The number of fused-ring (bicyclic) bond motifs is 1. The predicted molar refractivity (Wildman–Crippen MR) is 139 cm³/mol. The smallest absolute Gasteiger partial charge is 0.247 e. The number of hydrogen-bond donors (Lipinski definition) is 2. The number of amides is 1. The second-order valence-electron chi connectivity index (χ2n) is 9.28. The van der Waals surface area contributed by atoms with Gasteiger partial charge in [0.2, 0.25) is 5.91 Å². The van der Waals surface area contributed by atoms with Gasteiger partial charge in [0, 0.05) is 23.9 Å². The Kier molecular flexibility index (Phi) is 6.63. The predicted octanol–water partition coefficient (Wildman–Crippen LogP) is 4.75. The highest BCUT2D eigenvalue weighted by molar-refractivity contribution is 6.31. The molecule has 2 saturated heterocycles. The monoisotopic (exact) mass is 505 g/mol. The summed E-state index contributed by atoms with van der Waals surface area (Å²) in [6.07, 6.45) is 3.54. The number of nitrogens with zero attached hydrogens (tertiary/aromatic N) is 3. The van der Waals surface area contributed by atoms with E-state index in [1.165, 1.54) is 18.5 Å². The van der Waals surface area contributed by atoms with Crippen LogP contribution >= 0.6 is 11.6 Å². The Morgan fingerprint density at radius 2 is 2.17 bits per heavy atom. The normalized spacial score (nSPS) is 19.9. The average Bonchev–Trinajstić information content (AvgIpc) is 3.21. The molecular weight excluding hydrogens is 481 g/mol. The van der Waals surface area contributed by atoms with E-state index in [0.717, 1.165) is 32.7 Å². The topological polar surface area (TPSA) is 79.4 Å². The van der Waals surface area contributed by atoms with Gasteiger partial charge in [-0.3, -0.25) is 9.69 Å². The molecule has 9 heteroatoms. The first-order valence-corrected chi connectivity index (χ1v) is 12.0. The highest BCUT2D eigenvalue weighted by Gasteiger charge is 2.38. The van der Waals surface area contributed by atoms with Crippen molar-refractivity contribution in [2.45, 2.75) is 19.4 Å². The second-order valence-corrected chi connectivity index (χ2v) is 9.69. The van der Waals surface area contributed by atoms with Gasteiger partial charge in [0.15, 0.2) is 5.82 Å². The molecular formula is C27H25ClFN5O2. The average molecular weight is 506 g/mol. The van der Waals surface area contributed by atoms with Gasteiger partial charge in [-0.05, 0) is 43.7 Å². The number of nitrogens with one attached hydrogen (secondary N) is 2. The Balaban J connectivity index is 1.51. The zero-order valence-corrected chi connectivity index (χ0v) is 20.5. The van der Waals surface area contributed by atoms with Gasteiger partial charge in [-0.2, -0.15) is 0 Å². The molecule has 2 aromatic carbocycles. The van der Waals surface area contributed by atoms with Gasteiger partial charge in [-0.1, -0.05) is 36.1 Å². The number of carbonyl (C=O) groups excluding carboxylic acids is 1. The van der Waals surface area contributed by atoms with Crippen LogP contribution < -0.4 is 10.6 Å². The molecule has 0 radical (unpaired) electrons. The lowest BCUT2D eigenvalue weighted by Crippen LogP contribution is -2.48. The maximum Gasteiger partial charge on any atom is 0.247 e. The molecule has 0 unspecified atom stereocenters. The molecule has 5 rings (SSSR count). The molecule has 1 atom stereocenters. The summed E-state index contributed by atoms with van der Waals surface area (Å²) in [5.41, 5.74) is 1.73. The van der Waals surface area contributed by atoms with Crippen LogP contribution in [-0.2, 0) is 9.53 Å². The molecule has 2 aliphatic rings. The zero-order chi connectivity index (χ0) is 25.3. The van der Waals surface area contributed by atoms with Crippen LogP contribution in [0.3, 0.4) is 0 Å². The number of rotatable bonds is 5. The standard InChI is InChI=1S/C27H25ClFN5O2/c1-3-24(35)32-22-12-19-23(30-16-31-26(19)33-21-6-4-5-20(28)25(21)29)11-17(22)7-8-27(2)9-10-34(15-27)18-13-36-14-18/h3-6,11-12,16,18H,1,9-10,13-15H2,2H3,(H,32,35)(H,30,31,33)/t27-/m0/s1. The molecule has 0 spiro atoms. The maximum absolute atomic E-state index is 14.5. The number of carbonyl (C=O) groups is 1. The Bertz CT molecular complexity index is 1410. The van der Waals surface area contributed by atoms with Crippen LogP contribution in [0.4, 0.5) is 21.6 Å². The third-order valence-electron chi connectivity index (χ3n) is 6.56. The molecule has 184 valence electrons. The molecule has 1 amide bonds. The number of anilines is 3. The van der Waals surface area contributed by atoms with Crippen molar-refractivity contribution < 1.29 is 13.9 Å². The molecule has 2 fully saturated rings. The fraction of sp³-hybridized carbons (Fsp3) is 0.296. The summed E-state index contributed by atoms with van der Waals surface area (Å²) in [7, 11) is 0. The lowest BCUT2D eigenvalue weighted by Gasteiger charge is -2.35. The summed E-state index contributed by atoms with van der Waals surface area (Å²) in [5.74, 6) is 6.14. The molecule has 0 saturated carbocycles. The van der Waals surface area contributed by atoms with Crippen LogP contribution in [0.15, 0.2) is 49.3 Å². The summed E-state index contributed by atoms with van der Waals surface area (Å²) in [5, 5.41) is 6.40. The summed E-state index contributed by atoms with van der Waals surface area (Å²) >= 11 is 5.93. The number of halogens is 2. The van der Waals surface area contributed by atoms with Gasteiger partial charge >= 0.3 is 0 Å². The van der Waals surface area contributed by atoms with Crippen molar-refractivity contribution in [2.24, 2.45) is 5.41 Å². The third kappa shape index (κ3) is 4.91. The number of likely N-dealkylation sites (tertiary alicyclic amines) is 1.